The number of nitrogens with two attached hydrogens (primary N) is 1. The third kappa shape index (κ3) is 4.21. The second kappa shape index (κ2) is 8.82. The highest BCUT2D eigenvalue weighted by Gasteiger charge is 2.31. The average Bonchev–Trinajstić information content (AvgIpc) is 2.78. The van der Waals surface area contributed by atoms with Gasteiger partial charge in [0, 0.05) is 24.6 Å². The topological polar surface area (TPSA) is 102 Å². The van der Waals surface area contributed by atoms with Gasteiger partial charge in [0.2, 0.25) is 0 Å². The van der Waals surface area contributed by atoms with Crippen molar-refractivity contribution in [1.29, 1.82) is 0 Å². The Morgan fingerprint density at radius 3 is 2.69 bits per heavy atom. The van der Waals surface area contributed by atoms with Crippen molar-refractivity contribution in [3.8, 4) is 17.0 Å². The van der Waals surface area contributed by atoms with Gasteiger partial charge in [-0.25, -0.2) is 9.18 Å². The zero-order valence-corrected chi connectivity index (χ0v) is 18.0. The van der Waals surface area contributed by atoms with Crippen LogP contribution in [0.25, 0.3) is 11.3 Å². The maximum Gasteiger partial charge on any atom is 0.337 e. The molecule has 3 N–H and O–H groups in total. The van der Waals surface area contributed by atoms with E-state index in [9.17, 15) is 14.3 Å². The van der Waals surface area contributed by atoms with Gasteiger partial charge >= 0.3 is 5.97 Å². The minimum Gasteiger partial charge on any atom is -0.507 e. The van der Waals surface area contributed by atoms with Gasteiger partial charge in [0.25, 0.3) is 0 Å². The quantitative estimate of drug-likeness (QED) is 0.599. The zero-order valence-electron chi connectivity index (χ0n) is 18.0. The van der Waals surface area contributed by atoms with Crippen LogP contribution in [0.1, 0.15) is 33.8 Å². The molecule has 1 fully saturated rings. The minimum absolute atomic E-state index is 0.0822. The first-order chi connectivity index (χ1) is 15.4. The number of phenols is 1. The molecule has 0 radical (unpaired) electrons. The molecule has 1 aromatic heterocycles. The number of para-hydroxylation sites is 1. The molecule has 3 aromatic rings. The first kappa shape index (κ1) is 21.5. The molecule has 0 bridgehead atoms. The summed E-state index contributed by atoms with van der Waals surface area (Å²) < 4.78 is 19.6. The van der Waals surface area contributed by atoms with E-state index in [4.69, 9.17) is 10.5 Å². The number of ether oxygens (including phenoxy) is 1. The van der Waals surface area contributed by atoms with E-state index in [0.717, 1.165) is 11.1 Å². The van der Waals surface area contributed by atoms with Gasteiger partial charge < -0.3 is 20.5 Å². The maximum absolute atomic E-state index is 14.8. The van der Waals surface area contributed by atoms with Crippen molar-refractivity contribution >= 4 is 17.5 Å². The Balaban J connectivity index is 1.65. The number of halogens is 1. The smallest absolute Gasteiger partial charge is 0.337 e. The number of phenolic OH excluding ortho intramolecular Hbond substituents is 1. The number of aryl methyl sites for hydroxylation is 1. The third-order valence-corrected chi connectivity index (χ3v) is 5.85. The van der Waals surface area contributed by atoms with Gasteiger partial charge in [-0.15, -0.1) is 10.2 Å². The fraction of sp³-hybridized carbons (Fsp3) is 0.292. The maximum atomic E-state index is 14.8. The Hall–Kier alpha value is -3.68. The second-order valence-electron chi connectivity index (χ2n) is 8.02. The highest BCUT2D eigenvalue weighted by atomic mass is 19.1. The normalized spacial score (nSPS) is 18.4. The van der Waals surface area contributed by atoms with Crippen LogP contribution in [0.3, 0.4) is 0 Å². The molecule has 1 aliphatic rings. The molecule has 1 aliphatic heterocycles. The summed E-state index contributed by atoms with van der Waals surface area (Å²) in [6, 6.07) is 13.9. The Morgan fingerprint density at radius 1 is 1.19 bits per heavy atom. The van der Waals surface area contributed by atoms with E-state index in [2.05, 4.69) is 10.2 Å². The number of benzene rings is 2. The Bertz CT molecular complexity index is 1150. The Kier molecular flexibility index (Phi) is 5.94. The number of hydrogen-bond donors (Lipinski definition) is 2. The predicted octanol–water partition coefficient (Wildman–Crippen LogP) is 3.86. The SMILES string of the molecule is COC(=O)c1ccc([C@H]2C[C@@H](F)CN(c3cc(-c4ccccc4O)nnc3N)C2)c(C)c1. The molecular weight excluding hydrogens is 411 g/mol. The lowest BCUT2D eigenvalue weighted by molar-refractivity contribution is 0.0600. The number of hydrogen-bond acceptors (Lipinski definition) is 7. The number of piperidine rings is 1. The van der Waals surface area contributed by atoms with Crippen LogP contribution in [0, 0.1) is 6.92 Å². The third-order valence-electron chi connectivity index (χ3n) is 5.85. The molecule has 2 atom stereocenters. The fourth-order valence-corrected chi connectivity index (χ4v) is 4.30. The number of esters is 1. The molecule has 0 spiro atoms. The van der Waals surface area contributed by atoms with Crippen LogP contribution in [0.15, 0.2) is 48.5 Å². The summed E-state index contributed by atoms with van der Waals surface area (Å²) in [6.45, 7) is 2.63. The van der Waals surface area contributed by atoms with Crippen LogP contribution < -0.4 is 10.6 Å². The Labute approximate surface area is 185 Å². The molecule has 4 rings (SSSR count). The lowest BCUT2D eigenvalue weighted by atomic mass is 9.86. The molecule has 0 saturated carbocycles. The van der Waals surface area contributed by atoms with Crippen LogP contribution in [0.5, 0.6) is 5.75 Å². The van der Waals surface area contributed by atoms with E-state index < -0.39 is 12.1 Å². The van der Waals surface area contributed by atoms with E-state index in [-0.39, 0.29) is 24.0 Å². The molecule has 32 heavy (non-hydrogen) atoms. The van der Waals surface area contributed by atoms with Crippen LogP contribution in [0.2, 0.25) is 0 Å². The summed E-state index contributed by atoms with van der Waals surface area (Å²) >= 11 is 0. The minimum atomic E-state index is -1.06. The van der Waals surface area contributed by atoms with Crippen LogP contribution >= 0.6 is 0 Å². The molecule has 0 amide bonds. The molecule has 0 unspecified atom stereocenters. The number of aromatic hydroxyl groups is 1. The first-order valence-corrected chi connectivity index (χ1v) is 10.4. The highest BCUT2D eigenvalue weighted by Crippen LogP contribution is 2.37. The predicted molar refractivity (Wildman–Crippen MR) is 121 cm³/mol. The van der Waals surface area contributed by atoms with Crippen molar-refractivity contribution in [2.75, 3.05) is 30.8 Å². The van der Waals surface area contributed by atoms with Crippen LogP contribution in [0.4, 0.5) is 15.9 Å². The summed E-state index contributed by atoms with van der Waals surface area (Å²) in [7, 11) is 1.34. The lowest BCUT2D eigenvalue weighted by Gasteiger charge is -2.37. The van der Waals surface area contributed by atoms with E-state index in [0.29, 0.717) is 35.5 Å². The van der Waals surface area contributed by atoms with E-state index >= 15 is 0 Å². The number of nitrogen functional groups attached to an aromatic ring is 1. The average molecular weight is 436 g/mol. The lowest BCUT2D eigenvalue weighted by Crippen LogP contribution is -2.41. The van der Waals surface area contributed by atoms with Crippen molar-refractivity contribution in [3.05, 3.63) is 65.2 Å². The number of methoxy groups -OCH3 is 1. The second-order valence-corrected chi connectivity index (χ2v) is 8.02. The highest BCUT2D eigenvalue weighted by molar-refractivity contribution is 5.89. The number of rotatable bonds is 4. The molecule has 7 nitrogen and oxygen atoms in total. The number of carbonyl (C=O) groups is 1. The summed E-state index contributed by atoms with van der Waals surface area (Å²) in [5.74, 6) is -0.208. The van der Waals surface area contributed by atoms with Crippen molar-refractivity contribution in [1.82, 2.24) is 10.2 Å². The number of nitrogens with zero attached hydrogens (tertiary/aromatic N) is 3. The van der Waals surface area contributed by atoms with Gasteiger partial charge in [0.15, 0.2) is 5.82 Å². The van der Waals surface area contributed by atoms with Crippen LogP contribution in [-0.4, -0.2) is 47.6 Å². The van der Waals surface area contributed by atoms with Gasteiger partial charge in [-0.2, -0.15) is 0 Å². The molecule has 1 saturated heterocycles. The number of aromatic nitrogens is 2. The summed E-state index contributed by atoms with van der Waals surface area (Å²) in [5, 5.41) is 18.3. The summed E-state index contributed by atoms with van der Waals surface area (Å²) in [4.78, 5) is 13.7. The summed E-state index contributed by atoms with van der Waals surface area (Å²) in [6.07, 6.45) is -0.686. The van der Waals surface area contributed by atoms with Crippen molar-refractivity contribution in [3.63, 3.8) is 0 Å². The molecule has 0 aliphatic carbocycles. The van der Waals surface area contributed by atoms with Gasteiger partial charge in [-0.3, -0.25) is 0 Å². The monoisotopic (exact) mass is 436 g/mol. The van der Waals surface area contributed by atoms with Crippen LogP contribution in [-0.2, 0) is 4.74 Å². The van der Waals surface area contributed by atoms with E-state index in [1.807, 2.05) is 17.9 Å². The van der Waals surface area contributed by atoms with Crippen molar-refractivity contribution in [2.45, 2.75) is 25.4 Å². The first-order valence-electron chi connectivity index (χ1n) is 10.4. The van der Waals surface area contributed by atoms with E-state index in [1.165, 1.54) is 7.11 Å². The summed E-state index contributed by atoms with van der Waals surface area (Å²) in [5.41, 5.74) is 10.0. The number of alkyl halides is 1. The largest absolute Gasteiger partial charge is 0.507 e. The zero-order chi connectivity index (χ0) is 22.8. The fourth-order valence-electron chi connectivity index (χ4n) is 4.30. The number of carbonyl (C=O) groups excluding carboxylic acids is 1. The molecule has 8 heteroatoms. The van der Waals surface area contributed by atoms with Crippen molar-refractivity contribution in [2.24, 2.45) is 0 Å². The molecule has 2 heterocycles. The van der Waals surface area contributed by atoms with Gasteiger partial charge in [0.1, 0.15) is 11.9 Å². The molecule has 166 valence electrons. The van der Waals surface area contributed by atoms with Crippen molar-refractivity contribution < 1.29 is 19.0 Å². The number of anilines is 2. The standard InChI is InChI=1S/C24H25FN4O3/c1-14-9-15(24(31)32-2)7-8-18(14)16-10-17(25)13-29(12-16)21-11-20(27-28-23(21)26)19-5-3-4-6-22(19)30/h3-9,11,16-17,30H,10,12-13H2,1-2H3,(H2,26,28)/t16-,17+/m0/s1. The van der Waals surface area contributed by atoms with Gasteiger partial charge in [-0.05, 0) is 54.8 Å². The van der Waals surface area contributed by atoms with E-state index in [1.54, 1.807) is 42.5 Å². The van der Waals surface area contributed by atoms with Gasteiger partial charge in [0.05, 0.1) is 24.1 Å². The Morgan fingerprint density at radius 2 is 1.97 bits per heavy atom. The molecule has 2 aromatic carbocycles. The van der Waals surface area contributed by atoms with Gasteiger partial charge in [-0.1, -0.05) is 18.2 Å². The molecular formula is C24H25FN4O3.